The number of hydrogen-bond donors (Lipinski definition) is 2. The van der Waals surface area contributed by atoms with Crippen LogP contribution in [-0.2, 0) is 24.2 Å². The molecule has 0 bridgehead atoms. The Hall–Kier alpha value is -3.86. The summed E-state index contributed by atoms with van der Waals surface area (Å²) in [7, 11) is 0. The summed E-state index contributed by atoms with van der Waals surface area (Å²) < 4.78 is 5.36. The first-order chi connectivity index (χ1) is 24.4. The molecule has 2 aromatic heterocycles. The molecule has 0 atom stereocenters. The molecular formula is C39H40Cl2N6O3. The molecule has 1 saturated carbocycles. The van der Waals surface area contributed by atoms with Gasteiger partial charge in [-0.25, -0.2) is 0 Å². The summed E-state index contributed by atoms with van der Waals surface area (Å²) in [5.74, 6) is -0.161. The van der Waals surface area contributed by atoms with Crippen molar-refractivity contribution in [2.24, 2.45) is 0 Å². The van der Waals surface area contributed by atoms with Crippen LogP contribution in [0.15, 0.2) is 60.9 Å². The highest BCUT2D eigenvalue weighted by Crippen LogP contribution is 2.43. The van der Waals surface area contributed by atoms with E-state index in [2.05, 4.69) is 30.4 Å². The predicted octanol–water partition coefficient (Wildman–Crippen LogP) is 7.58. The van der Waals surface area contributed by atoms with E-state index in [-0.39, 0.29) is 11.8 Å². The highest BCUT2D eigenvalue weighted by Gasteiger charge is 2.30. The number of hydrogen-bond acceptors (Lipinski definition) is 7. The summed E-state index contributed by atoms with van der Waals surface area (Å²) in [5, 5.41) is 6.60. The normalized spacial score (nSPS) is 18.3. The molecule has 50 heavy (non-hydrogen) atoms. The molecule has 2 N–H and O–H groups in total. The number of anilines is 2. The molecule has 3 fully saturated rings. The van der Waals surface area contributed by atoms with Crippen LogP contribution in [-0.4, -0.2) is 70.5 Å². The lowest BCUT2D eigenvalue weighted by atomic mass is 9.99. The Kier molecular flexibility index (Phi) is 9.59. The summed E-state index contributed by atoms with van der Waals surface area (Å²) in [4.78, 5) is 40.8. The van der Waals surface area contributed by atoms with Gasteiger partial charge < -0.3 is 15.4 Å². The van der Waals surface area contributed by atoms with Crippen LogP contribution in [0.3, 0.4) is 0 Å². The van der Waals surface area contributed by atoms with Crippen molar-refractivity contribution >= 4 is 46.4 Å². The molecular weight excluding hydrogens is 671 g/mol. The van der Waals surface area contributed by atoms with Crippen LogP contribution in [0.1, 0.15) is 81.3 Å². The Balaban J connectivity index is 0.971. The molecule has 2 aromatic carbocycles. The van der Waals surface area contributed by atoms with Crippen molar-refractivity contribution in [3.8, 4) is 11.1 Å². The minimum Gasteiger partial charge on any atom is -0.378 e. The Labute approximate surface area is 302 Å². The highest BCUT2D eigenvalue weighted by atomic mass is 35.5. The number of aromatic nitrogens is 2. The van der Waals surface area contributed by atoms with Gasteiger partial charge in [0.05, 0.1) is 40.7 Å². The molecule has 2 amide bonds. The SMILES string of the molecule is O=C(Nc1cccc(-c2cccc(NC(=O)c3cc(C4CC4)c(CN4CCCCC4)cn3)c2Cl)c1Cl)c1cc2c(cn1)CN(C1COC1)CC2. The van der Waals surface area contributed by atoms with Gasteiger partial charge in [-0.2, -0.15) is 0 Å². The zero-order valence-corrected chi connectivity index (χ0v) is 29.4. The summed E-state index contributed by atoms with van der Waals surface area (Å²) in [5.41, 5.74) is 7.60. The van der Waals surface area contributed by atoms with Gasteiger partial charge in [0.15, 0.2) is 0 Å². The fraction of sp³-hybridized carbons (Fsp3) is 0.385. The first-order valence-corrected chi connectivity index (χ1v) is 18.4. The van der Waals surface area contributed by atoms with Crippen LogP contribution in [0.2, 0.25) is 10.0 Å². The Bertz CT molecular complexity index is 1940. The Morgan fingerprint density at radius 3 is 2.06 bits per heavy atom. The number of nitrogens with one attached hydrogen (secondary N) is 2. The molecule has 9 nitrogen and oxygen atoms in total. The number of piperidine rings is 1. The van der Waals surface area contributed by atoms with E-state index in [1.807, 2.05) is 42.6 Å². The van der Waals surface area contributed by atoms with E-state index >= 15 is 0 Å². The van der Waals surface area contributed by atoms with Gasteiger partial charge in [-0.05, 0) is 97.6 Å². The summed E-state index contributed by atoms with van der Waals surface area (Å²) in [6.07, 6.45) is 10.6. The van der Waals surface area contributed by atoms with Crippen LogP contribution >= 0.6 is 23.2 Å². The number of amides is 2. The first-order valence-electron chi connectivity index (χ1n) is 17.6. The van der Waals surface area contributed by atoms with Crippen molar-refractivity contribution < 1.29 is 14.3 Å². The third kappa shape index (κ3) is 7.02. The van der Waals surface area contributed by atoms with E-state index in [0.717, 1.165) is 76.3 Å². The average molecular weight is 712 g/mol. The molecule has 0 unspecified atom stereocenters. The van der Waals surface area contributed by atoms with Crippen molar-refractivity contribution in [3.05, 3.63) is 105 Å². The van der Waals surface area contributed by atoms with Crippen molar-refractivity contribution in [2.75, 3.05) is 43.5 Å². The second kappa shape index (κ2) is 14.4. The van der Waals surface area contributed by atoms with Crippen LogP contribution in [0.25, 0.3) is 11.1 Å². The van der Waals surface area contributed by atoms with Crippen molar-refractivity contribution in [1.82, 2.24) is 19.8 Å². The lowest BCUT2D eigenvalue weighted by molar-refractivity contribution is -0.0695. The molecule has 0 radical (unpaired) electrons. The van der Waals surface area contributed by atoms with Crippen LogP contribution in [0.4, 0.5) is 11.4 Å². The van der Waals surface area contributed by atoms with Crippen LogP contribution in [0, 0.1) is 0 Å². The number of rotatable bonds is 9. The lowest BCUT2D eigenvalue weighted by Crippen LogP contribution is -2.50. The number of halogens is 2. The summed E-state index contributed by atoms with van der Waals surface area (Å²) in [6, 6.07) is 15.1. The number of benzene rings is 2. The third-order valence-corrected chi connectivity index (χ3v) is 11.2. The van der Waals surface area contributed by atoms with Gasteiger partial charge in [-0.1, -0.05) is 53.9 Å². The van der Waals surface area contributed by atoms with E-state index in [9.17, 15) is 9.59 Å². The van der Waals surface area contributed by atoms with E-state index in [0.29, 0.717) is 55.9 Å². The van der Waals surface area contributed by atoms with Gasteiger partial charge >= 0.3 is 0 Å². The highest BCUT2D eigenvalue weighted by molar-refractivity contribution is 6.40. The number of fused-ring (bicyclic) bond motifs is 1. The maximum absolute atomic E-state index is 13.5. The topological polar surface area (TPSA) is 99.7 Å². The van der Waals surface area contributed by atoms with E-state index < -0.39 is 0 Å². The van der Waals surface area contributed by atoms with Gasteiger partial charge in [0.2, 0.25) is 0 Å². The zero-order chi connectivity index (χ0) is 34.2. The van der Waals surface area contributed by atoms with E-state index in [1.54, 1.807) is 18.3 Å². The molecule has 0 spiro atoms. The van der Waals surface area contributed by atoms with E-state index in [1.165, 1.54) is 30.4 Å². The van der Waals surface area contributed by atoms with Gasteiger partial charge in [0.1, 0.15) is 11.4 Å². The molecule has 4 aromatic rings. The smallest absolute Gasteiger partial charge is 0.274 e. The average Bonchev–Trinajstić information content (AvgIpc) is 3.96. The molecule has 2 saturated heterocycles. The number of ether oxygens (including phenoxy) is 1. The third-order valence-electron chi connectivity index (χ3n) is 10.4. The summed E-state index contributed by atoms with van der Waals surface area (Å²) >= 11 is 13.8. The first kappa shape index (κ1) is 33.3. The Morgan fingerprint density at radius 2 is 1.44 bits per heavy atom. The second-order valence-electron chi connectivity index (χ2n) is 13.9. The largest absolute Gasteiger partial charge is 0.378 e. The fourth-order valence-corrected chi connectivity index (χ4v) is 7.82. The predicted molar refractivity (Wildman–Crippen MR) is 196 cm³/mol. The van der Waals surface area contributed by atoms with Gasteiger partial charge in [0, 0.05) is 43.2 Å². The van der Waals surface area contributed by atoms with Crippen LogP contribution in [0.5, 0.6) is 0 Å². The molecule has 258 valence electrons. The maximum Gasteiger partial charge on any atom is 0.274 e. The van der Waals surface area contributed by atoms with Crippen molar-refractivity contribution in [2.45, 2.75) is 63.6 Å². The monoisotopic (exact) mass is 710 g/mol. The fourth-order valence-electron chi connectivity index (χ4n) is 7.27. The molecule has 8 rings (SSSR count). The molecule has 3 aliphatic heterocycles. The summed E-state index contributed by atoms with van der Waals surface area (Å²) in [6.45, 7) is 6.41. The lowest BCUT2D eigenvalue weighted by Gasteiger charge is -2.39. The minimum atomic E-state index is -0.339. The number of nitrogens with zero attached hydrogens (tertiary/aromatic N) is 4. The Morgan fingerprint density at radius 1 is 0.800 bits per heavy atom. The number of carbonyl (C=O) groups excluding carboxylic acids is 2. The second-order valence-corrected chi connectivity index (χ2v) is 14.6. The maximum atomic E-state index is 13.5. The van der Waals surface area contributed by atoms with Crippen LogP contribution < -0.4 is 10.6 Å². The van der Waals surface area contributed by atoms with Gasteiger partial charge in [0.25, 0.3) is 11.8 Å². The molecule has 4 aliphatic rings. The quantitative estimate of drug-likeness (QED) is 0.185. The van der Waals surface area contributed by atoms with E-state index in [4.69, 9.17) is 27.9 Å². The minimum absolute atomic E-state index is 0.315. The zero-order valence-electron chi connectivity index (χ0n) is 27.9. The van der Waals surface area contributed by atoms with Crippen molar-refractivity contribution in [3.63, 3.8) is 0 Å². The van der Waals surface area contributed by atoms with Crippen molar-refractivity contribution in [1.29, 1.82) is 0 Å². The number of carbonyl (C=O) groups is 2. The standard InChI is InChI=1S/C39H40Cl2N6O3/c40-36-29(6-4-8-32(36)44-38(48)34-16-25-12-15-47(28-22-50-23-28)21-26(25)18-42-34)30-7-5-9-33(37(30)41)45-39(49)35-17-31(24-10-11-24)27(19-43-35)20-46-13-2-1-3-14-46/h4-9,16-19,24,28H,1-3,10-15,20-23H2,(H,44,48)(H,45,49). The number of pyridine rings is 2. The molecule has 5 heterocycles. The number of likely N-dealkylation sites (tertiary alicyclic amines) is 1. The molecule has 11 heteroatoms. The van der Waals surface area contributed by atoms with Gasteiger partial charge in [-0.3, -0.25) is 29.4 Å². The van der Waals surface area contributed by atoms with Gasteiger partial charge in [-0.15, -0.1) is 0 Å². The molecule has 1 aliphatic carbocycles.